The Bertz CT molecular complexity index is 394. The molecule has 1 aromatic carbocycles. The number of hydrogen-bond donors (Lipinski definition) is 1. The van der Waals surface area contributed by atoms with Crippen LogP contribution in [0.2, 0.25) is 0 Å². The Morgan fingerprint density at radius 3 is 2.95 bits per heavy atom. The molecule has 106 valence electrons. The summed E-state index contributed by atoms with van der Waals surface area (Å²) in [6.07, 6.45) is 4.46. The summed E-state index contributed by atoms with van der Waals surface area (Å²) in [4.78, 5) is 0. The Labute approximate surface area is 116 Å². The number of fused-ring (bicyclic) bond motifs is 1. The van der Waals surface area contributed by atoms with Crippen LogP contribution in [0, 0.1) is 0 Å². The highest BCUT2D eigenvalue weighted by molar-refractivity contribution is 5.37. The normalized spacial score (nSPS) is 21.3. The standard InChI is InChI=1S/C16H25NO2/c1-12(18-2)7-8-14(17)11-13-9-10-19-16-6-4-3-5-15(13)16/h3-6,12-14H,7-11,17H2,1-2H3. The molecule has 0 aliphatic carbocycles. The Morgan fingerprint density at radius 2 is 2.16 bits per heavy atom. The van der Waals surface area contributed by atoms with Gasteiger partial charge in [0.05, 0.1) is 12.7 Å². The largest absolute Gasteiger partial charge is 0.493 e. The number of benzene rings is 1. The number of para-hydroxylation sites is 1. The van der Waals surface area contributed by atoms with Crippen molar-refractivity contribution in [2.75, 3.05) is 13.7 Å². The lowest BCUT2D eigenvalue weighted by Crippen LogP contribution is -2.26. The van der Waals surface area contributed by atoms with Crippen LogP contribution in [0.25, 0.3) is 0 Å². The maximum absolute atomic E-state index is 6.27. The summed E-state index contributed by atoms with van der Waals surface area (Å²) in [7, 11) is 1.75. The van der Waals surface area contributed by atoms with Crippen LogP contribution in [-0.2, 0) is 4.74 Å². The lowest BCUT2D eigenvalue weighted by atomic mass is 9.86. The van der Waals surface area contributed by atoms with Gasteiger partial charge in [0.25, 0.3) is 0 Å². The number of rotatable bonds is 6. The van der Waals surface area contributed by atoms with Gasteiger partial charge in [-0.25, -0.2) is 0 Å². The highest BCUT2D eigenvalue weighted by Crippen LogP contribution is 2.36. The summed E-state index contributed by atoms with van der Waals surface area (Å²) in [5, 5.41) is 0. The molecule has 0 radical (unpaired) electrons. The molecular weight excluding hydrogens is 238 g/mol. The molecule has 0 saturated carbocycles. The van der Waals surface area contributed by atoms with Crippen molar-refractivity contribution in [2.24, 2.45) is 5.73 Å². The van der Waals surface area contributed by atoms with Gasteiger partial charge in [0.15, 0.2) is 0 Å². The summed E-state index contributed by atoms with van der Waals surface area (Å²) >= 11 is 0. The molecule has 1 aromatic rings. The van der Waals surface area contributed by atoms with E-state index in [1.54, 1.807) is 7.11 Å². The Hall–Kier alpha value is -1.06. The van der Waals surface area contributed by atoms with Crippen LogP contribution < -0.4 is 10.5 Å². The second-order valence-corrected chi connectivity index (χ2v) is 5.49. The van der Waals surface area contributed by atoms with Crippen LogP contribution >= 0.6 is 0 Å². The zero-order valence-electron chi connectivity index (χ0n) is 12.0. The van der Waals surface area contributed by atoms with Gasteiger partial charge >= 0.3 is 0 Å². The first-order valence-electron chi connectivity index (χ1n) is 7.20. The Balaban J connectivity index is 1.89. The quantitative estimate of drug-likeness (QED) is 0.857. The van der Waals surface area contributed by atoms with Gasteiger partial charge < -0.3 is 15.2 Å². The lowest BCUT2D eigenvalue weighted by Gasteiger charge is -2.28. The second kappa shape index (κ2) is 6.92. The van der Waals surface area contributed by atoms with Crippen molar-refractivity contribution in [3.63, 3.8) is 0 Å². The molecule has 3 heteroatoms. The van der Waals surface area contributed by atoms with Crippen molar-refractivity contribution >= 4 is 0 Å². The summed E-state index contributed by atoms with van der Waals surface area (Å²) in [6.45, 7) is 2.90. The average Bonchev–Trinajstić information content (AvgIpc) is 2.45. The van der Waals surface area contributed by atoms with E-state index in [4.69, 9.17) is 15.2 Å². The van der Waals surface area contributed by atoms with E-state index in [9.17, 15) is 0 Å². The molecule has 3 atom stereocenters. The zero-order valence-corrected chi connectivity index (χ0v) is 12.0. The third-order valence-corrected chi connectivity index (χ3v) is 4.02. The van der Waals surface area contributed by atoms with E-state index in [2.05, 4.69) is 25.1 Å². The third kappa shape index (κ3) is 3.95. The molecule has 0 fully saturated rings. The van der Waals surface area contributed by atoms with E-state index in [0.717, 1.165) is 38.0 Å². The maximum Gasteiger partial charge on any atom is 0.122 e. The molecule has 1 heterocycles. The molecule has 3 nitrogen and oxygen atoms in total. The molecule has 2 rings (SSSR count). The molecule has 0 amide bonds. The van der Waals surface area contributed by atoms with Gasteiger partial charge in [0, 0.05) is 13.2 Å². The van der Waals surface area contributed by atoms with Crippen LogP contribution in [-0.4, -0.2) is 25.9 Å². The van der Waals surface area contributed by atoms with E-state index in [1.165, 1.54) is 5.56 Å². The Morgan fingerprint density at radius 1 is 1.37 bits per heavy atom. The van der Waals surface area contributed by atoms with Crippen molar-refractivity contribution in [3.05, 3.63) is 29.8 Å². The van der Waals surface area contributed by atoms with E-state index >= 15 is 0 Å². The number of ether oxygens (including phenoxy) is 2. The average molecular weight is 263 g/mol. The van der Waals surface area contributed by atoms with Gasteiger partial charge in [-0.05, 0) is 50.2 Å². The zero-order chi connectivity index (χ0) is 13.7. The van der Waals surface area contributed by atoms with Gasteiger partial charge in [-0.1, -0.05) is 18.2 Å². The second-order valence-electron chi connectivity index (χ2n) is 5.49. The first kappa shape index (κ1) is 14.4. The first-order chi connectivity index (χ1) is 9.20. The molecule has 19 heavy (non-hydrogen) atoms. The van der Waals surface area contributed by atoms with Crippen LogP contribution in [0.4, 0.5) is 0 Å². The molecule has 0 saturated heterocycles. The molecular formula is C16H25NO2. The summed E-state index contributed by atoms with van der Waals surface area (Å²) in [5.41, 5.74) is 7.59. The summed E-state index contributed by atoms with van der Waals surface area (Å²) in [5.74, 6) is 1.58. The first-order valence-corrected chi connectivity index (χ1v) is 7.20. The molecule has 0 aromatic heterocycles. The maximum atomic E-state index is 6.27. The van der Waals surface area contributed by atoms with E-state index in [1.807, 2.05) is 6.07 Å². The minimum Gasteiger partial charge on any atom is -0.493 e. The fraction of sp³-hybridized carbons (Fsp3) is 0.625. The molecule has 1 aliphatic rings. The van der Waals surface area contributed by atoms with E-state index in [0.29, 0.717) is 12.0 Å². The fourth-order valence-corrected chi connectivity index (χ4v) is 2.71. The molecule has 0 bridgehead atoms. The topological polar surface area (TPSA) is 44.5 Å². The highest BCUT2D eigenvalue weighted by Gasteiger charge is 2.23. The third-order valence-electron chi connectivity index (χ3n) is 4.02. The minimum atomic E-state index is 0.244. The molecule has 3 unspecified atom stereocenters. The predicted molar refractivity (Wildman–Crippen MR) is 77.6 cm³/mol. The Kier molecular flexibility index (Phi) is 5.23. The van der Waals surface area contributed by atoms with Gasteiger partial charge in [-0.2, -0.15) is 0 Å². The van der Waals surface area contributed by atoms with Crippen molar-refractivity contribution in [1.82, 2.24) is 0 Å². The smallest absolute Gasteiger partial charge is 0.122 e. The highest BCUT2D eigenvalue weighted by atomic mass is 16.5. The van der Waals surface area contributed by atoms with Gasteiger partial charge in [0.1, 0.15) is 5.75 Å². The van der Waals surface area contributed by atoms with Crippen LogP contribution in [0.3, 0.4) is 0 Å². The monoisotopic (exact) mass is 263 g/mol. The lowest BCUT2D eigenvalue weighted by molar-refractivity contribution is 0.106. The van der Waals surface area contributed by atoms with Gasteiger partial charge in [0.2, 0.25) is 0 Å². The fourth-order valence-electron chi connectivity index (χ4n) is 2.71. The van der Waals surface area contributed by atoms with Crippen LogP contribution in [0.15, 0.2) is 24.3 Å². The van der Waals surface area contributed by atoms with Gasteiger partial charge in [-0.15, -0.1) is 0 Å². The molecule has 2 N–H and O–H groups in total. The van der Waals surface area contributed by atoms with Crippen LogP contribution in [0.5, 0.6) is 5.75 Å². The molecule has 1 aliphatic heterocycles. The van der Waals surface area contributed by atoms with Crippen molar-refractivity contribution in [1.29, 1.82) is 0 Å². The van der Waals surface area contributed by atoms with Crippen LogP contribution in [0.1, 0.15) is 44.1 Å². The summed E-state index contributed by atoms with van der Waals surface area (Å²) < 4.78 is 11.0. The number of nitrogens with two attached hydrogens (primary N) is 1. The van der Waals surface area contributed by atoms with E-state index in [-0.39, 0.29) is 6.04 Å². The predicted octanol–water partition coefficient (Wildman–Crippen LogP) is 3.09. The summed E-state index contributed by atoms with van der Waals surface area (Å²) in [6, 6.07) is 8.58. The van der Waals surface area contributed by atoms with Crippen molar-refractivity contribution in [2.45, 2.75) is 50.7 Å². The van der Waals surface area contributed by atoms with E-state index < -0.39 is 0 Å². The number of methoxy groups -OCH3 is 1. The minimum absolute atomic E-state index is 0.244. The molecule has 0 spiro atoms. The number of hydrogen-bond acceptors (Lipinski definition) is 3. The van der Waals surface area contributed by atoms with Gasteiger partial charge in [-0.3, -0.25) is 0 Å². The van der Waals surface area contributed by atoms with Crippen molar-refractivity contribution < 1.29 is 9.47 Å². The SMILES string of the molecule is COC(C)CCC(N)CC1CCOc2ccccc21. The van der Waals surface area contributed by atoms with Crippen molar-refractivity contribution in [3.8, 4) is 5.75 Å².